The van der Waals surface area contributed by atoms with E-state index in [0.717, 1.165) is 12.1 Å². The fourth-order valence-electron chi connectivity index (χ4n) is 2.43. The number of hydrogen-bond donors (Lipinski definition) is 1. The lowest BCUT2D eigenvalue weighted by Crippen LogP contribution is -2.07. The highest BCUT2D eigenvalue weighted by atomic mass is 16.3. The Morgan fingerprint density at radius 2 is 2.12 bits per heavy atom. The van der Waals surface area contributed by atoms with Crippen molar-refractivity contribution in [3.63, 3.8) is 0 Å². The van der Waals surface area contributed by atoms with Gasteiger partial charge in [0.15, 0.2) is 0 Å². The Morgan fingerprint density at radius 1 is 1.35 bits per heavy atom. The molecule has 0 spiro atoms. The molecule has 0 radical (unpaired) electrons. The van der Waals surface area contributed by atoms with Crippen molar-refractivity contribution in [2.75, 3.05) is 0 Å². The minimum Gasteiger partial charge on any atom is -0.386 e. The molecule has 0 aliphatic heterocycles. The molecular formula is C13H15N3O. The van der Waals surface area contributed by atoms with Gasteiger partial charge in [-0.25, -0.2) is 4.68 Å². The van der Waals surface area contributed by atoms with Crippen LogP contribution < -0.4 is 0 Å². The maximum Gasteiger partial charge on any atom is 0.101 e. The molecule has 88 valence electrons. The van der Waals surface area contributed by atoms with E-state index in [2.05, 4.69) is 22.4 Å². The van der Waals surface area contributed by atoms with E-state index in [4.69, 9.17) is 0 Å². The monoisotopic (exact) mass is 229 g/mol. The highest BCUT2D eigenvalue weighted by Gasteiger charge is 2.44. The van der Waals surface area contributed by atoms with Crippen LogP contribution in [0.25, 0.3) is 0 Å². The van der Waals surface area contributed by atoms with Crippen molar-refractivity contribution in [1.82, 2.24) is 15.0 Å². The van der Waals surface area contributed by atoms with Crippen molar-refractivity contribution in [3.8, 4) is 0 Å². The quantitative estimate of drug-likeness (QED) is 0.870. The van der Waals surface area contributed by atoms with Crippen molar-refractivity contribution in [2.45, 2.75) is 18.4 Å². The summed E-state index contributed by atoms with van der Waals surface area (Å²) in [6.45, 7) is 0. The molecule has 17 heavy (non-hydrogen) atoms. The smallest absolute Gasteiger partial charge is 0.101 e. The highest BCUT2D eigenvalue weighted by Crippen LogP contribution is 2.53. The first kappa shape index (κ1) is 10.5. The summed E-state index contributed by atoms with van der Waals surface area (Å²) in [7, 11) is 1.81. The number of rotatable bonds is 3. The van der Waals surface area contributed by atoms with Crippen molar-refractivity contribution < 1.29 is 5.11 Å². The minimum absolute atomic E-state index is 0.301. The van der Waals surface area contributed by atoms with Crippen molar-refractivity contribution in [1.29, 1.82) is 0 Å². The normalized spacial score (nSPS) is 24.6. The minimum atomic E-state index is -0.458. The third-order valence-corrected chi connectivity index (χ3v) is 3.53. The van der Waals surface area contributed by atoms with Gasteiger partial charge in [-0.1, -0.05) is 35.5 Å². The number of hydrogen-bond acceptors (Lipinski definition) is 3. The van der Waals surface area contributed by atoms with E-state index < -0.39 is 6.10 Å². The maximum absolute atomic E-state index is 10.3. The molecule has 0 bridgehead atoms. The fraction of sp³-hybridized carbons (Fsp3) is 0.385. The van der Waals surface area contributed by atoms with Crippen LogP contribution in [-0.4, -0.2) is 20.1 Å². The van der Waals surface area contributed by atoms with Gasteiger partial charge in [0.2, 0.25) is 0 Å². The Kier molecular flexibility index (Phi) is 2.44. The molecule has 1 aliphatic carbocycles. The van der Waals surface area contributed by atoms with Crippen LogP contribution in [0.1, 0.15) is 29.7 Å². The van der Waals surface area contributed by atoms with Gasteiger partial charge in [-0.3, -0.25) is 0 Å². The second kappa shape index (κ2) is 3.96. The molecule has 3 rings (SSSR count). The molecule has 2 aromatic rings. The Labute approximate surface area is 99.9 Å². The highest BCUT2D eigenvalue weighted by molar-refractivity contribution is 5.27. The number of aliphatic hydroxyl groups is 1. The molecule has 1 heterocycles. The molecule has 3 unspecified atom stereocenters. The average Bonchev–Trinajstić information content (AvgIpc) is 3.05. The Bertz CT molecular complexity index is 508. The predicted molar refractivity (Wildman–Crippen MR) is 63.3 cm³/mol. The van der Waals surface area contributed by atoms with Crippen LogP contribution in [0.2, 0.25) is 0 Å². The lowest BCUT2D eigenvalue weighted by Gasteiger charge is -2.09. The molecule has 1 saturated carbocycles. The zero-order valence-electron chi connectivity index (χ0n) is 9.69. The maximum atomic E-state index is 10.3. The SMILES string of the molecule is Cn1nncc1C(O)C1CC1c1ccccc1. The summed E-state index contributed by atoms with van der Waals surface area (Å²) in [6.07, 6.45) is 2.22. The number of nitrogens with zero attached hydrogens (tertiary/aromatic N) is 3. The number of aliphatic hydroxyl groups excluding tert-OH is 1. The van der Waals surface area contributed by atoms with Gasteiger partial charge in [0.05, 0.1) is 11.9 Å². The standard InChI is InChI=1S/C13H15N3O/c1-16-12(8-14-15-16)13(17)11-7-10(11)9-5-3-2-4-6-9/h2-6,8,10-11,13,17H,7H2,1H3. The number of aryl methyl sites for hydroxylation is 1. The van der Waals surface area contributed by atoms with E-state index >= 15 is 0 Å². The van der Waals surface area contributed by atoms with Gasteiger partial charge in [0.25, 0.3) is 0 Å². The van der Waals surface area contributed by atoms with Crippen molar-refractivity contribution in [3.05, 3.63) is 47.8 Å². The zero-order chi connectivity index (χ0) is 11.8. The van der Waals surface area contributed by atoms with Gasteiger partial charge >= 0.3 is 0 Å². The largest absolute Gasteiger partial charge is 0.386 e. The van der Waals surface area contributed by atoms with Gasteiger partial charge in [-0.2, -0.15) is 0 Å². The number of aromatic nitrogens is 3. The Balaban J connectivity index is 1.75. The Morgan fingerprint density at radius 3 is 2.76 bits per heavy atom. The molecule has 1 aliphatic rings. The third-order valence-electron chi connectivity index (χ3n) is 3.53. The van der Waals surface area contributed by atoms with Gasteiger partial charge in [0, 0.05) is 7.05 Å². The van der Waals surface area contributed by atoms with E-state index in [1.807, 2.05) is 25.2 Å². The molecular weight excluding hydrogens is 214 g/mol. The van der Waals surface area contributed by atoms with Crippen LogP contribution in [0, 0.1) is 5.92 Å². The van der Waals surface area contributed by atoms with Gasteiger partial charge in [0.1, 0.15) is 6.10 Å². The second-order valence-corrected chi connectivity index (χ2v) is 4.64. The fourth-order valence-corrected chi connectivity index (χ4v) is 2.43. The summed E-state index contributed by atoms with van der Waals surface area (Å²) in [5.74, 6) is 0.774. The van der Waals surface area contributed by atoms with Gasteiger partial charge in [-0.05, 0) is 23.8 Å². The summed E-state index contributed by atoms with van der Waals surface area (Å²) in [6, 6.07) is 10.4. The molecule has 0 saturated heterocycles. The molecule has 1 aromatic carbocycles. The number of benzene rings is 1. The van der Waals surface area contributed by atoms with Gasteiger partial charge in [-0.15, -0.1) is 5.10 Å². The van der Waals surface area contributed by atoms with Crippen molar-refractivity contribution in [2.24, 2.45) is 13.0 Å². The second-order valence-electron chi connectivity index (χ2n) is 4.64. The molecule has 4 nitrogen and oxygen atoms in total. The first-order valence-electron chi connectivity index (χ1n) is 5.85. The molecule has 4 heteroatoms. The molecule has 0 amide bonds. The van der Waals surface area contributed by atoms with Crippen LogP contribution in [0.5, 0.6) is 0 Å². The van der Waals surface area contributed by atoms with Crippen LogP contribution in [0.4, 0.5) is 0 Å². The van der Waals surface area contributed by atoms with E-state index in [1.54, 1.807) is 10.9 Å². The van der Waals surface area contributed by atoms with Crippen molar-refractivity contribution >= 4 is 0 Å². The summed E-state index contributed by atoms with van der Waals surface area (Å²) in [4.78, 5) is 0. The lowest BCUT2D eigenvalue weighted by molar-refractivity contribution is 0.142. The first-order chi connectivity index (χ1) is 8.27. The molecule has 3 atom stereocenters. The molecule has 1 fully saturated rings. The van der Waals surface area contributed by atoms with E-state index in [9.17, 15) is 5.11 Å². The van der Waals surface area contributed by atoms with Crippen LogP contribution in [0.15, 0.2) is 36.5 Å². The zero-order valence-corrected chi connectivity index (χ0v) is 9.69. The third kappa shape index (κ3) is 1.85. The average molecular weight is 229 g/mol. The first-order valence-corrected chi connectivity index (χ1v) is 5.85. The topological polar surface area (TPSA) is 50.9 Å². The summed E-state index contributed by atoms with van der Waals surface area (Å²) >= 11 is 0. The van der Waals surface area contributed by atoms with Crippen LogP contribution in [-0.2, 0) is 7.05 Å². The Hall–Kier alpha value is -1.68. The molecule has 1 N–H and O–H groups in total. The van der Waals surface area contributed by atoms with E-state index in [0.29, 0.717) is 11.8 Å². The van der Waals surface area contributed by atoms with Crippen LogP contribution >= 0.6 is 0 Å². The van der Waals surface area contributed by atoms with Gasteiger partial charge < -0.3 is 5.11 Å². The predicted octanol–water partition coefficient (Wildman–Crippen LogP) is 1.65. The lowest BCUT2D eigenvalue weighted by atomic mass is 10.1. The van der Waals surface area contributed by atoms with E-state index in [1.165, 1.54) is 5.56 Å². The molecule has 1 aromatic heterocycles. The van der Waals surface area contributed by atoms with Crippen LogP contribution in [0.3, 0.4) is 0 Å². The van der Waals surface area contributed by atoms with E-state index in [-0.39, 0.29) is 0 Å². The summed E-state index contributed by atoms with van der Waals surface area (Å²) in [5, 5.41) is 17.9. The summed E-state index contributed by atoms with van der Waals surface area (Å²) in [5.41, 5.74) is 2.11. The summed E-state index contributed by atoms with van der Waals surface area (Å²) < 4.78 is 1.64.